The number of sulfonamides is 1. The van der Waals surface area contributed by atoms with Crippen LogP contribution in [0.5, 0.6) is 0 Å². The van der Waals surface area contributed by atoms with Crippen LogP contribution in [0.2, 0.25) is 5.02 Å². The molecule has 0 saturated carbocycles. The molecule has 1 heterocycles. The van der Waals surface area contributed by atoms with Crippen LogP contribution in [0.1, 0.15) is 49.0 Å². The molecule has 26 heavy (non-hydrogen) atoms. The number of nitrogens with one attached hydrogen (secondary N) is 1. The molecule has 1 aromatic carbocycles. The van der Waals surface area contributed by atoms with Gasteiger partial charge in [-0.1, -0.05) is 50.6 Å². The van der Waals surface area contributed by atoms with Crippen molar-refractivity contribution in [2.75, 3.05) is 18.4 Å². The number of amides is 1. The summed E-state index contributed by atoms with van der Waals surface area (Å²) in [6.07, 6.45) is 0. The molecule has 142 valence electrons. The predicted molar refractivity (Wildman–Crippen MR) is 104 cm³/mol. The quantitative estimate of drug-likeness (QED) is 0.744. The summed E-state index contributed by atoms with van der Waals surface area (Å²) in [6.45, 7) is 8.08. The fourth-order valence-corrected chi connectivity index (χ4v) is 4.93. The highest BCUT2D eigenvalue weighted by atomic mass is 35.5. The first-order valence-corrected chi connectivity index (χ1v) is 10.8. The van der Waals surface area contributed by atoms with Gasteiger partial charge in [0, 0.05) is 24.6 Å². The second-order valence-corrected chi connectivity index (χ2v) is 9.11. The van der Waals surface area contributed by atoms with Crippen LogP contribution in [0, 0.1) is 0 Å². The molecule has 0 saturated heterocycles. The van der Waals surface area contributed by atoms with Gasteiger partial charge in [0.25, 0.3) is 5.91 Å². The lowest BCUT2D eigenvalue weighted by Crippen LogP contribution is -2.31. The van der Waals surface area contributed by atoms with Crippen molar-refractivity contribution in [1.29, 1.82) is 0 Å². The Morgan fingerprint density at radius 3 is 2.46 bits per heavy atom. The van der Waals surface area contributed by atoms with Crippen LogP contribution in [0.4, 0.5) is 5.13 Å². The zero-order valence-corrected chi connectivity index (χ0v) is 17.4. The van der Waals surface area contributed by atoms with Gasteiger partial charge in [0.2, 0.25) is 15.2 Å². The number of halogens is 1. The Hall–Kier alpha value is -1.55. The van der Waals surface area contributed by atoms with E-state index < -0.39 is 15.9 Å². The summed E-state index contributed by atoms with van der Waals surface area (Å²) in [5.41, 5.74) is 0.182. The van der Waals surface area contributed by atoms with Crippen molar-refractivity contribution in [2.45, 2.75) is 38.5 Å². The molecule has 0 aliphatic heterocycles. The Morgan fingerprint density at radius 1 is 1.27 bits per heavy atom. The van der Waals surface area contributed by atoms with Crippen LogP contribution in [-0.4, -0.2) is 41.9 Å². The van der Waals surface area contributed by atoms with Gasteiger partial charge in [-0.2, -0.15) is 4.31 Å². The first-order valence-electron chi connectivity index (χ1n) is 8.15. The molecule has 7 nitrogen and oxygen atoms in total. The van der Waals surface area contributed by atoms with Gasteiger partial charge in [-0.15, -0.1) is 10.2 Å². The maximum atomic E-state index is 12.7. The van der Waals surface area contributed by atoms with E-state index in [-0.39, 0.29) is 21.4 Å². The highest BCUT2D eigenvalue weighted by Crippen LogP contribution is 2.27. The Labute approximate surface area is 162 Å². The number of nitrogens with zero attached hydrogens (tertiary/aromatic N) is 3. The van der Waals surface area contributed by atoms with E-state index in [0.29, 0.717) is 18.2 Å². The van der Waals surface area contributed by atoms with Gasteiger partial charge < -0.3 is 0 Å². The third-order valence-electron chi connectivity index (χ3n) is 3.67. The predicted octanol–water partition coefficient (Wildman–Crippen LogP) is 3.60. The van der Waals surface area contributed by atoms with E-state index in [0.717, 1.165) is 5.01 Å². The average Bonchev–Trinajstić information content (AvgIpc) is 3.04. The van der Waals surface area contributed by atoms with Crippen LogP contribution in [0.3, 0.4) is 0 Å². The zero-order chi connectivity index (χ0) is 19.5. The van der Waals surface area contributed by atoms with Crippen molar-refractivity contribution in [2.24, 2.45) is 0 Å². The number of benzene rings is 1. The lowest BCUT2D eigenvalue weighted by Gasteiger charge is -2.19. The SMILES string of the molecule is CCN(CC)S(=O)(=O)c1cc(C(=O)Nc2nnc(C(C)C)s2)ccc1Cl. The molecular weight excluding hydrogens is 396 g/mol. The normalized spacial score (nSPS) is 12.0. The molecule has 10 heteroatoms. The Kier molecular flexibility index (Phi) is 6.73. The molecule has 0 aliphatic carbocycles. The first kappa shape index (κ1) is 20.8. The minimum atomic E-state index is -3.77. The van der Waals surface area contributed by atoms with E-state index in [2.05, 4.69) is 15.5 Å². The first-order chi connectivity index (χ1) is 12.2. The van der Waals surface area contributed by atoms with Crippen LogP contribution >= 0.6 is 22.9 Å². The van der Waals surface area contributed by atoms with Crippen molar-refractivity contribution in [3.63, 3.8) is 0 Å². The molecule has 0 radical (unpaired) electrons. The number of aromatic nitrogens is 2. The second kappa shape index (κ2) is 8.43. The van der Waals surface area contributed by atoms with E-state index in [1.807, 2.05) is 13.8 Å². The minimum absolute atomic E-state index is 0.0754. The fourth-order valence-electron chi connectivity index (χ4n) is 2.23. The summed E-state index contributed by atoms with van der Waals surface area (Å²) in [4.78, 5) is 12.4. The van der Waals surface area contributed by atoms with Crippen LogP contribution in [0.15, 0.2) is 23.1 Å². The third kappa shape index (κ3) is 4.40. The summed E-state index contributed by atoms with van der Waals surface area (Å²) in [5.74, 6) is -0.261. The van der Waals surface area contributed by atoms with Gasteiger partial charge in [0.1, 0.15) is 9.90 Å². The summed E-state index contributed by atoms with van der Waals surface area (Å²) in [5, 5.41) is 11.8. The third-order valence-corrected chi connectivity index (χ3v) is 7.34. The number of hydrogen-bond donors (Lipinski definition) is 1. The standard InChI is InChI=1S/C16H21ClN4O3S2/c1-5-21(6-2)26(23,24)13-9-11(7-8-12(13)17)14(22)18-16-20-19-15(25-16)10(3)4/h7-10H,5-6H2,1-4H3,(H,18,20,22). The molecule has 2 aromatic rings. The van der Waals surface area contributed by atoms with E-state index in [1.54, 1.807) is 13.8 Å². The number of anilines is 1. The molecular formula is C16H21ClN4O3S2. The van der Waals surface area contributed by atoms with Crippen molar-refractivity contribution < 1.29 is 13.2 Å². The molecule has 1 amide bonds. The zero-order valence-electron chi connectivity index (χ0n) is 15.0. The van der Waals surface area contributed by atoms with Gasteiger partial charge in [0.05, 0.1) is 5.02 Å². The summed E-state index contributed by atoms with van der Waals surface area (Å²) >= 11 is 7.37. The summed E-state index contributed by atoms with van der Waals surface area (Å²) in [6, 6.07) is 4.17. The number of hydrogen-bond acceptors (Lipinski definition) is 6. The lowest BCUT2D eigenvalue weighted by molar-refractivity contribution is 0.102. The molecule has 0 spiro atoms. The maximum Gasteiger partial charge on any atom is 0.257 e. The van der Waals surface area contributed by atoms with E-state index in [9.17, 15) is 13.2 Å². The van der Waals surface area contributed by atoms with Gasteiger partial charge in [0.15, 0.2) is 0 Å². The highest BCUT2D eigenvalue weighted by Gasteiger charge is 2.25. The molecule has 0 fully saturated rings. The Bertz CT molecular complexity index is 893. The topological polar surface area (TPSA) is 92.3 Å². The van der Waals surface area contributed by atoms with Crippen LogP contribution in [0.25, 0.3) is 0 Å². The number of carbonyl (C=O) groups excluding carboxylic acids is 1. The van der Waals surface area contributed by atoms with Gasteiger partial charge >= 0.3 is 0 Å². The highest BCUT2D eigenvalue weighted by molar-refractivity contribution is 7.89. The minimum Gasteiger partial charge on any atom is -0.296 e. The molecule has 0 atom stereocenters. The molecule has 1 N–H and O–H groups in total. The van der Waals surface area contributed by atoms with Gasteiger partial charge in [-0.05, 0) is 18.2 Å². The Balaban J connectivity index is 2.32. The lowest BCUT2D eigenvalue weighted by atomic mass is 10.2. The van der Waals surface area contributed by atoms with Crippen LogP contribution in [-0.2, 0) is 10.0 Å². The fraction of sp³-hybridized carbons (Fsp3) is 0.438. The van der Waals surface area contributed by atoms with Crippen LogP contribution < -0.4 is 5.32 Å². The van der Waals surface area contributed by atoms with Crippen molar-refractivity contribution in [3.05, 3.63) is 33.8 Å². The molecule has 2 rings (SSSR count). The van der Waals surface area contributed by atoms with Crippen molar-refractivity contribution in [3.8, 4) is 0 Å². The maximum absolute atomic E-state index is 12.7. The molecule has 0 unspecified atom stereocenters. The van der Waals surface area contributed by atoms with E-state index in [1.165, 1.54) is 33.8 Å². The van der Waals surface area contributed by atoms with Gasteiger partial charge in [-0.3, -0.25) is 10.1 Å². The Morgan fingerprint density at radius 2 is 1.92 bits per heavy atom. The van der Waals surface area contributed by atoms with Crippen molar-refractivity contribution in [1.82, 2.24) is 14.5 Å². The van der Waals surface area contributed by atoms with E-state index in [4.69, 9.17) is 11.6 Å². The van der Waals surface area contributed by atoms with Crippen molar-refractivity contribution >= 4 is 44.0 Å². The largest absolute Gasteiger partial charge is 0.296 e. The number of rotatable bonds is 7. The van der Waals surface area contributed by atoms with E-state index >= 15 is 0 Å². The molecule has 0 bridgehead atoms. The van der Waals surface area contributed by atoms with Gasteiger partial charge in [-0.25, -0.2) is 8.42 Å². The number of carbonyl (C=O) groups is 1. The summed E-state index contributed by atoms with van der Waals surface area (Å²) in [7, 11) is -3.77. The molecule has 1 aromatic heterocycles. The monoisotopic (exact) mass is 416 g/mol. The summed E-state index contributed by atoms with van der Waals surface area (Å²) < 4.78 is 26.7. The molecule has 0 aliphatic rings. The smallest absolute Gasteiger partial charge is 0.257 e. The average molecular weight is 417 g/mol. The second-order valence-electron chi connectivity index (χ2n) is 5.79.